The molecule has 106 valence electrons. The summed E-state index contributed by atoms with van der Waals surface area (Å²) in [6, 6.07) is 0. The molecule has 0 spiro atoms. The Morgan fingerprint density at radius 1 is 0.778 bits per heavy atom. The molecule has 0 aliphatic heterocycles. The molecule has 6 heteroatoms. The van der Waals surface area contributed by atoms with E-state index >= 15 is 0 Å². The smallest absolute Gasteiger partial charge is 1.00 e. The number of rotatable bonds is 12. The van der Waals surface area contributed by atoms with Crippen LogP contribution in [0.2, 0.25) is 0 Å². The van der Waals surface area contributed by atoms with Gasteiger partial charge in [-0.05, 0) is 12.8 Å². The molecule has 0 saturated carbocycles. The molecule has 0 unspecified atom stereocenters. The van der Waals surface area contributed by atoms with Crippen molar-refractivity contribution in [1.29, 1.82) is 0 Å². The predicted molar refractivity (Wildman–Crippen MR) is 77.5 cm³/mol. The van der Waals surface area contributed by atoms with Crippen molar-refractivity contribution >= 4 is 26.0 Å². The van der Waals surface area contributed by atoms with Crippen molar-refractivity contribution in [3.8, 4) is 0 Å². The van der Waals surface area contributed by atoms with Gasteiger partial charge in [-0.25, -0.2) is 0 Å². The molecule has 0 saturated heterocycles. The van der Waals surface area contributed by atoms with Crippen molar-refractivity contribution in [3.63, 3.8) is 0 Å². The Balaban J connectivity index is -0.00000128. The summed E-state index contributed by atoms with van der Waals surface area (Å²) >= 11 is 3.42. The number of hydrogen-bond donors (Lipinski definition) is 1. The van der Waals surface area contributed by atoms with Crippen LogP contribution in [0.1, 0.15) is 65.6 Å². The van der Waals surface area contributed by atoms with Crippen LogP contribution < -0.4 is 29.6 Å². The largest absolute Gasteiger partial charge is 1.00 e. The fraction of sp³-hybridized carbons (Fsp3) is 1.00. The molecule has 0 aromatic heterocycles. The van der Waals surface area contributed by atoms with E-state index in [1.807, 2.05) is 0 Å². The van der Waals surface area contributed by atoms with E-state index in [1.54, 1.807) is 0 Å². The van der Waals surface area contributed by atoms with Crippen LogP contribution in [0.4, 0.5) is 0 Å². The third-order valence-electron chi connectivity index (χ3n) is 2.79. The van der Waals surface area contributed by atoms with Crippen LogP contribution in [0.5, 0.6) is 0 Å². The minimum Gasteiger partial charge on any atom is -1.00 e. The van der Waals surface area contributed by atoms with Crippen LogP contribution in [-0.2, 0) is 10.1 Å². The first kappa shape index (κ1) is 21.7. The Bertz CT molecular complexity index is 264. The van der Waals surface area contributed by atoms with Crippen molar-refractivity contribution in [1.82, 2.24) is 0 Å². The molecule has 0 fully saturated rings. The van der Waals surface area contributed by atoms with Crippen LogP contribution in [0.3, 0.4) is 0 Å². The zero-order chi connectivity index (χ0) is 13.0. The van der Waals surface area contributed by atoms with Crippen molar-refractivity contribution in [2.75, 3.05) is 11.1 Å². The summed E-state index contributed by atoms with van der Waals surface area (Å²) in [6.45, 7) is 0. The molecule has 3 nitrogen and oxygen atoms in total. The molecule has 1 N–H and O–H groups in total. The van der Waals surface area contributed by atoms with E-state index < -0.39 is 10.1 Å². The predicted octanol–water partition coefficient (Wildman–Crippen LogP) is 1.29. The summed E-state index contributed by atoms with van der Waals surface area (Å²) in [5.74, 6) is -0.0838. The van der Waals surface area contributed by atoms with Gasteiger partial charge in [-0.15, -0.1) is 0 Å². The summed E-state index contributed by atoms with van der Waals surface area (Å²) < 4.78 is 29.4. The van der Waals surface area contributed by atoms with E-state index in [4.69, 9.17) is 4.55 Å². The van der Waals surface area contributed by atoms with E-state index in [0.29, 0.717) is 6.42 Å². The SMILES string of the molecule is O=S(=O)(O)CCCCCCCCCCCCBr.[H-].[Na+]. The maximum Gasteiger partial charge on any atom is 1.00 e. The number of halogens is 1. The first-order chi connectivity index (χ1) is 8.06. The third kappa shape index (κ3) is 19.7. The number of alkyl halides is 1. The normalized spacial score (nSPS) is 11.2. The fourth-order valence-corrected chi connectivity index (χ4v) is 2.76. The second kappa shape index (κ2) is 14.8. The van der Waals surface area contributed by atoms with Gasteiger partial charge in [0.15, 0.2) is 0 Å². The Kier molecular flexibility index (Phi) is 17.8. The van der Waals surface area contributed by atoms with E-state index in [0.717, 1.165) is 18.2 Å². The molecule has 0 amide bonds. The molecule has 0 bridgehead atoms. The van der Waals surface area contributed by atoms with Crippen molar-refractivity contribution < 1.29 is 44.0 Å². The molecule has 0 aromatic carbocycles. The fourth-order valence-electron chi connectivity index (χ4n) is 1.79. The van der Waals surface area contributed by atoms with Gasteiger partial charge in [0.05, 0.1) is 5.75 Å². The zero-order valence-corrected chi connectivity index (χ0v) is 15.9. The monoisotopic (exact) mass is 352 g/mol. The minimum atomic E-state index is -3.74. The first-order valence-electron chi connectivity index (χ1n) is 6.57. The molecule has 0 atom stereocenters. The van der Waals surface area contributed by atoms with E-state index in [2.05, 4.69) is 15.9 Å². The molecular weight excluding hydrogens is 327 g/mol. The van der Waals surface area contributed by atoms with Gasteiger partial charge >= 0.3 is 29.6 Å². The first-order valence-corrected chi connectivity index (χ1v) is 9.30. The average Bonchev–Trinajstić information content (AvgIpc) is 2.24. The van der Waals surface area contributed by atoms with Crippen molar-refractivity contribution in [2.45, 2.75) is 64.2 Å². The molecule has 0 heterocycles. The second-order valence-electron chi connectivity index (χ2n) is 4.51. The molecule has 0 aromatic rings. The van der Waals surface area contributed by atoms with Gasteiger partial charge in [0.25, 0.3) is 10.1 Å². The maximum atomic E-state index is 10.4. The molecule has 0 radical (unpaired) electrons. The van der Waals surface area contributed by atoms with E-state index in [1.165, 1.54) is 44.9 Å². The van der Waals surface area contributed by atoms with Crippen LogP contribution in [0.15, 0.2) is 0 Å². The Hall–Kier alpha value is 1.39. The second-order valence-corrected chi connectivity index (χ2v) is 6.88. The van der Waals surface area contributed by atoms with Gasteiger partial charge < -0.3 is 1.43 Å². The van der Waals surface area contributed by atoms with E-state index in [9.17, 15) is 8.42 Å². The van der Waals surface area contributed by atoms with Crippen LogP contribution in [-0.4, -0.2) is 24.1 Å². The Morgan fingerprint density at radius 2 is 1.11 bits per heavy atom. The topological polar surface area (TPSA) is 54.4 Å². The number of unbranched alkanes of at least 4 members (excludes halogenated alkanes) is 9. The minimum absolute atomic E-state index is 0. The van der Waals surface area contributed by atoms with Gasteiger partial charge in [0, 0.05) is 5.33 Å². The quantitative estimate of drug-likeness (QED) is 0.249. The average molecular weight is 353 g/mol. The molecular formula is C12H26BrNaO3S. The van der Waals surface area contributed by atoms with Gasteiger partial charge in [-0.3, -0.25) is 4.55 Å². The van der Waals surface area contributed by atoms with Gasteiger partial charge in [0.1, 0.15) is 0 Å². The maximum absolute atomic E-state index is 10.4. The van der Waals surface area contributed by atoms with Gasteiger partial charge in [-0.2, -0.15) is 8.42 Å². The zero-order valence-electron chi connectivity index (χ0n) is 12.5. The third-order valence-corrected chi connectivity index (χ3v) is 4.15. The number of hydrogen-bond acceptors (Lipinski definition) is 2. The van der Waals surface area contributed by atoms with Gasteiger partial charge in [0.2, 0.25) is 0 Å². The standard InChI is InChI=1S/C12H25BrO3S.Na.H/c13-11-9-7-5-3-1-2-4-6-8-10-12-17(14,15)16;;/h1-12H2,(H,14,15,16);;/q;+1;-1. The summed E-state index contributed by atoms with van der Waals surface area (Å²) in [7, 11) is -3.74. The molecule has 0 aliphatic carbocycles. The van der Waals surface area contributed by atoms with Crippen LogP contribution in [0.25, 0.3) is 0 Å². The van der Waals surface area contributed by atoms with Crippen molar-refractivity contribution in [2.24, 2.45) is 0 Å². The Morgan fingerprint density at radius 3 is 1.44 bits per heavy atom. The summed E-state index contributed by atoms with van der Waals surface area (Å²) in [6.07, 6.45) is 11.5. The summed E-state index contributed by atoms with van der Waals surface area (Å²) in [5, 5.41) is 1.11. The van der Waals surface area contributed by atoms with Crippen LogP contribution >= 0.6 is 15.9 Å². The van der Waals surface area contributed by atoms with Gasteiger partial charge in [-0.1, -0.05) is 67.3 Å². The molecule has 18 heavy (non-hydrogen) atoms. The Labute approximate surface area is 144 Å². The van der Waals surface area contributed by atoms with Crippen molar-refractivity contribution in [3.05, 3.63) is 0 Å². The molecule has 0 aliphatic rings. The molecule has 0 rings (SSSR count). The summed E-state index contributed by atoms with van der Waals surface area (Å²) in [4.78, 5) is 0. The van der Waals surface area contributed by atoms with Crippen LogP contribution in [0, 0.1) is 0 Å². The summed E-state index contributed by atoms with van der Waals surface area (Å²) in [5.41, 5.74) is 0. The van der Waals surface area contributed by atoms with E-state index in [-0.39, 0.29) is 36.7 Å².